The Labute approximate surface area is 258 Å². The van der Waals surface area contributed by atoms with Gasteiger partial charge in [-0.05, 0) is 123 Å². The first-order valence-corrected chi connectivity index (χ1v) is 16.8. The molecule has 43 heavy (non-hydrogen) atoms. The molecule has 0 unspecified atom stereocenters. The molecule has 4 fully saturated rings. The maximum Gasteiger partial charge on any atom is 0.338 e. The lowest BCUT2D eigenvalue weighted by Gasteiger charge is -2.63. The molecule has 0 N–H and O–H groups in total. The van der Waals surface area contributed by atoms with Gasteiger partial charge in [0.2, 0.25) is 0 Å². The first-order valence-electron chi connectivity index (χ1n) is 16.8. The lowest BCUT2D eigenvalue weighted by Crippen LogP contribution is -2.60. The molecule has 0 saturated heterocycles. The van der Waals surface area contributed by atoms with Crippen molar-refractivity contribution in [3.8, 4) is 5.75 Å². The predicted molar refractivity (Wildman–Crippen MR) is 168 cm³/mol. The number of rotatable bonds is 8. The summed E-state index contributed by atoms with van der Waals surface area (Å²) in [7, 11) is 1.49. The van der Waals surface area contributed by atoms with E-state index in [-0.39, 0.29) is 35.0 Å². The van der Waals surface area contributed by atoms with Gasteiger partial charge in [0.1, 0.15) is 18.0 Å². The third-order valence-corrected chi connectivity index (χ3v) is 12.8. The third-order valence-electron chi connectivity index (χ3n) is 12.8. The van der Waals surface area contributed by atoms with Gasteiger partial charge >= 0.3 is 11.9 Å². The topological polar surface area (TPSA) is 61.8 Å². The minimum absolute atomic E-state index is 0.000857. The van der Waals surface area contributed by atoms with Crippen LogP contribution in [0.3, 0.4) is 0 Å². The van der Waals surface area contributed by atoms with Gasteiger partial charge < -0.3 is 14.2 Å². The molecule has 4 saturated carbocycles. The summed E-state index contributed by atoms with van der Waals surface area (Å²) in [5.74, 6) is 4.12. The molecule has 0 aromatic heterocycles. The minimum Gasteiger partial charge on any atom is -0.490 e. The second-order valence-electron chi connectivity index (χ2n) is 14.6. The Balaban J connectivity index is 1.23. The Morgan fingerprint density at radius 1 is 0.884 bits per heavy atom. The molecule has 4 aliphatic carbocycles. The van der Waals surface area contributed by atoms with Crippen LogP contribution >= 0.6 is 0 Å². The number of carbonyl (C=O) groups is 2. The van der Waals surface area contributed by atoms with Crippen LogP contribution < -0.4 is 4.74 Å². The molecular weight excluding hydrogens is 536 g/mol. The highest BCUT2D eigenvalue weighted by atomic mass is 16.5. The molecule has 0 radical (unpaired) electrons. The highest BCUT2D eigenvalue weighted by Gasteiger charge is 2.65. The van der Waals surface area contributed by atoms with Crippen LogP contribution in [0, 0.1) is 46.3 Å². The summed E-state index contributed by atoms with van der Waals surface area (Å²) in [5, 5.41) is 0. The minimum atomic E-state index is -0.189. The van der Waals surface area contributed by atoms with Crippen LogP contribution in [0.25, 0.3) is 0 Å². The van der Waals surface area contributed by atoms with Crippen molar-refractivity contribution in [3.05, 3.63) is 66.2 Å². The predicted octanol–water partition coefficient (Wildman–Crippen LogP) is 8.52. The number of hydrogen-bond acceptors (Lipinski definition) is 5. The smallest absolute Gasteiger partial charge is 0.338 e. The average molecular weight is 587 g/mol. The second-order valence-corrected chi connectivity index (χ2v) is 14.6. The van der Waals surface area contributed by atoms with Crippen molar-refractivity contribution in [2.24, 2.45) is 46.3 Å². The lowest BCUT2D eigenvalue weighted by atomic mass is 9.43. The number of hydrogen-bond donors (Lipinski definition) is 0. The van der Waals surface area contributed by atoms with Crippen molar-refractivity contribution in [3.63, 3.8) is 0 Å². The fraction of sp³-hybridized carbons (Fsp3) is 0.632. The fourth-order valence-corrected chi connectivity index (χ4v) is 10.5. The summed E-state index contributed by atoms with van der Waals surface area (Å²) in [6.45, 7) is 7.43. The zero-order chi connectivity index (χ0) is 30.2. The van der Waals surface area contributed by atoms with Crippen LogP contribution in [0.15, 0.2) is 60.7 Å². The molecule has 0 amide bonds. The maximum absolute atomic E-state index is 12.9. The van der Waals surface area contributed by atoms with Crippen LogP contribution in [-0.4, -0.2) is 31.3 Å². The van der Waals surface area contributed by atoms with E-state index in [9.17, 15) is 9.59 Å². The van der Waals surface area contributed by atoms with Crippen LogP contribution in [0.4, 0.5) is 0 Å². The highest BCUT2D eigenvalue weighted by molar-refractivity contribution is 5.89. The molecule has 2 aromatic carbocycles. The number of para-hydroxylation sites is 1. The molecule has 0 heterocycles. The van der Waals surface area contributed by atoms with Gasteiger partial charge in [0.25, 0.3) is 0 Å². The van der Waals surface area contributed by atoms with E-state index in [1.54, 1.807) is 0 Å². The molecule has 5 nitrogen and oxygen atoms in total. The largest absolute Gasteiger partial charge is 0.490 e. The first kappa shape index (κ1) is 30.2. The van der Waals surface area contributed by atoms with Gasteiger partial charge in [-0.3, -0.25) is 4.79 Å². The third kappa shape index (κ3) is 5.62. The standard InChI is InChI=1S/C38H50O5/c1-25(15-20-35(39)41-4)31-18-19-32-30-17-16-27-23-29(43-36(40)26-11-7-5-8-12-26)21-22-37(27,2)33(30)24-34(38(31,32)3)42-28-13-9-6-10-14-28/h5-14,25,27,29-34H,15-24H2,1-4H3/t25-,27+,29+,30-,31+,32-,33-,34-,37-,38+/m0/s1. The van der Waals surface area contributed by atoms with E-state index in [2.05, 4.69) is 51.1 Å². The number of methoxy groups -OCH3 is 1. The molecule has 5 heteroatoms. The van der Waals surface area contributed by atoms with E-state index >= 15 is 0 Å². The van der Waals surface area contributed by atoms with Crippen molar-refractivity contribution in [2.45, 2.75) is 97.2 Å². The SMILES string of the molecule is COC(=O)CC[C@H](C)[C@H]1CC[C@H]2[C@@H]3CC[C@@H]4C[C@H](OC(=O)c5ccccc5)CC[C@]4(C)[C@H]3C[C@H](Oc3ccccc3)[C@]12C. The van der Waals surface area contributed by atoms with Crippen LogP contribution in [0.5, 0.6) is 5.75 Å². The molecule has 6 rings (SSSR count). The average Bonchev–Trinajstić information content (AvgIpc) is 3.39. The quantitative estimate of drug-likeness (QED) is 0.290. The fourth-order valence-electron chi connectivity index (χ4n) is 10.5. The molecule has 0 bridgehead atoms. The summed E-state index contributed by atoms with van der Waals surface area (Å²) in [6.07, 6.45) is 10.5. The van der Waals surface area contributed by atoms with Gasteiger partial charge in [0.05, 0.1) is 12.7 Å². The normalized spacial score (nSPS) is 37.3. The molecule has 10 atom stereocenters. The van der Waals surface area contributed by atoms with E-state index < -0.39 is 0 Å². The molecule has 2 aromatic rings. The number of benzene rings is 2. The van der Waals surface area contributed by atoms with Gasteiger partial charge in [-0.2, -0.15) is 0 Å². The number of ether oxygens (including phenoxy) is 3. The van der Waals surface area contributed by atoms with Crippen molar-refractivity contribution in [1.82, 2.24) is 0 Å². The highest BCUT2D eigenvalue weighted by Crippen LogP contribution is 2.69. The van der Waals surface area contributed by atoms with Crippen molar-refractivity contribution in [2.75, 3.05) is 7.11 Å². The van der Waals surface area contributed by atoms with Crippen molar-refractivity contribution < 1.29 is 23.8 Å². The van der Waals surface area contributed by atoms with E-state index in [1.807, 2.05) is 30.3 Å². The molecule has 4 aliphatic rings. The lowest BCUT2D eigenvalue weighted by molar-refractivity contribution is -0.168. The van der Waals surface area contributed by atoms with E-state index in [4.69, 9.17) is 14.2 Å². The summed E-state index contributed by atoms with van der Waals surface area (Å²) >= 11 is 0. The summed E-state index contributed by atoms with van der Waals surface area (Å²) < 4.78 is 18.1. The van der Waals surface area contributed by atoms with Crippen LogP contribution in [-0.2, 0) is 14.3 Å². The van der Waals surface area contributed by atoms with Crippen LogP contribution in [0.2, 0.25) is 0 Å². The maximum atomic E-state index is 12.9. The van der Waals surface area contributed by atoms with Crippen molar-refractivity contribution >= 4 is 11.9 Å². The molecule has 232 valence electrons. The number of esters is 2. The number of carbonyl (C=O) groups excluding carboxylic acids is 2. The monoisotopic (exact) mass is 586 g/mol. The molecular formula is C38H50O5. The number of fused-ring (bicyclic) bond motifs is 5. The van der Waals surface area contributed by atoms with Gasteiger partial charge in [-0.1, -0.05) is 57.2 Å². The van der Waals surface area contributed by atoms with E-state index in [0.717, 1.165) is 37.9 Å². The van der Waals surface area contributed by atoms with Gasteiger partial charge in [0.15, 0.2) is 0 Å². The van der Waals surface area contributed by atoms with E-state index in [1.165, 1.54) is 32.8 Å². The van der Waals surface area contributed by atoms with Gasteiger partial charge in [-0.25, -0.2) is 4.79 Å². The second kappa shape index (κ2) is 12.3. The molecule has 0 aliphatic heterocycles. The zero-order valence-corrected chi connectivity index (χ0v) is 26.5. The first-order chi connectivity index (χ1) is 20.7. The summed E-state index contributed by atoms with van der Waals surface area (Å²) in [6, 6.07) is 19.8. The van der Waals surface area contributed by atoms with E-state index in [0.29, 0.717) is 47.5 Å². The van der Waals surface area contributed by atoms with Gasteiger partial charge in [-0.15, -0.1) is 0 Å². The Morgan fingerprint density at radius 2 is 1.60 bits per heavy atom. The molecule has 0 spiro atoms. The van der Waals surface area contributed by atoms with Gasteiger partial charge in [0, 0.05) is 11.8 Å². The Bertz CT molecular complexity index is 1260. The Morgan fingerprint density at radius 3 is 2.33 bits per heavy atom. The zero-order valence-electron chi connectivity index (χ0n) is 26.5. The Hall–Kier alpha value is -2.82. The Kier molecular flexibility index (Phi) is 8.63. The van der Waals surface area contributed by atoms with Crippen molar-refractivity contribution in [1.29, 1.82) is 0 Å². The van der Waals surface area contributed by atoms with Crippen LogP contribution in [0.1, 0.15) is 95.3 Å². The summed E-state index contributed by atoms with van der Waals surface area (Å²) in [4.78, 5) is 24.9. The summed E-state index contributed by atoms with van der Waals surface area (Å²) in [5.41, 5.74) is 0.939.